The molecular formula is C23H33NO5. The minimum Gasteiger partial charge on any atom is -0.493 e. The third-order valence-corrected chi connectivity index (χ3v) is 7.89. The molecule has 6 nitrogen and oxygen atoms in total. The summed E-state index contributed by atoms with van der Waals surface area (Å²) in [4.78, 5) is 12.4. The van der Waals surface area contributed by atoms with Crippen molar-refractivity contribution in [3.8, 4) is 11.5 Å². The molecule has 4 rings (SSSR count). The molecule has 0 unspecified atom stereocenters. The lowest BCUT2D eigenvalue weighted by Crippen LogP contribution is -2.59. The van der Waals surface area contributed by atoms with E-state index in [-0.39, 0.29) is 41.9 Å². The summed E-state index contributed by atoms with van der Waals surface area (Å²) >= 11 is 0. The minimum absolute atomic E-state index is 0.0121. The van der Waals surface area contributed by atoms with Gasteiger partial charge in [0.1, 0.15) is 0 Å². The fourth-order valence-electron chi connectivity index (χ4n) is 6.48. The number of amides is 1. The Labute approximate surface area is 172 Å². The van der Waals surface area contributed by atoms with Crippen molar-refractivity contribution in [2.75, 3.05) is 27.4 Å². The molecule has 1 heterocycles. The number of hydrogen-bond donors (Lipinski definition) is 2. The van der Waals surface area contributed by atoms with E-state index in [1.54, 1.807) is 14.2 Å². The van der Waals surface area contributed by atoms with E-state index in [9.17, 15) is 9.90 Å². The molecule has 2 saturated carbocycles. The smallest absolute Gasteiger partial charge is 0.222 e. The Hall–Kier alpha value is -1.79. The van der Waals surface area contributed by atoms with Gasteiger partial charge < -0.3 is 24.6 Å². The predicted octanol–water partition coefficient (Wildman–Crippen LogP) is 3.08. The number of ether oxygens (including phenoxy) is 3. The van der Waals surface area contributed by atoms with Gasteiger partial charge in [-0.25, -0.2) is 0 Å². The number of carbonyl (C=O) groups is 1. The van der Waals surface area contributed by atoms with Crippen LogP contribution in [0.2, 0.25) is 0 Å². The van der Waals surface area contributed by atoms with Crippen LogP contribution in [-0.4, -0.2) is 44.5 Å². The Morgan fingerprint density at radius 1 is 1.28 bits per heavy atom. The van der Waals surface area contributed by atoms with Crippen LogP contribution in [0.5, 0.6) is 11.5 Å². The monoisotopic (exact) mass is 403 g/mol. The zero-order valence-corrected chi connectivity index (χ0v) is 17.9. The van der Waals surface area contributed by atoms with Crippen LogP contribution in [-0.2, 0) is 9.53 Å². The standard InChI is InChI=1S/C23H33NO5/c1-22(2)15-12-16-20(14-5-6-17(27-3)18(11-14)28-4)29-10-8-23(16,13-15)21(22)24-19(26)7-9-25/h5-6,11,15-16,20-21,25H,7-10,12-13H2,1-4H3,(H,24,26)/t15-,16-,20-,21-,23-/m1/s1. The highest BCUT2D eigenvalue weighted by Crippen LogP contribution is 2.70. The summed E-state index contributed by atoms with van der Waals surface area (Å²) < 4.78 is 17.2. The molecule has 2 N–H and O–H groups in total. The molecule has 6 heteroatoms. The summed E-state index contributed by atoms with van der Waals surface area (Å²) in [5.74, 6) is 2.28. The van der Waals surface area contributed by atoms with Gasteiger partial charge in [-0.05, 0) is 59.6 Å². The van der Waals surface area contributed by atoms with Crippen LogP contribution >= 0.6 is 0 Å². The van der Waals surface area contributed by atoms with E-state index in [0.717, 1.165) is 24.8 Å². The average molecular weight is 404 g/mol. The van der Waals surface area contributed by atoms with E-state index in [1.807, 2.05) is 12.1 Å². The number of nitrogens with one attached hydrogen (secondary N) is 1. The minimum atomic E-state index is -0.115. The van der Waals surface area contributed by atoms with E-state index in [1.165, 1.54) is 0 Å². The number of methoxy groups -OCH3 is 2. The lowest BCUT2D eigenvalue weighted by molar-refractivity contribution is -0.137. The van der Waals surface area contributed by atoms with Gasteiger partial charge in [0.25, 0.3) is 0 Å². The molecule has 1 saturated heterocycles. The van der Waals surface area contributed by atoms with Gasteiger partial charge in [-0.1, -0.05) is 19.9 Å². The molecule has 0 aromatic heterocycles. The summed E-state index contributed by atoms with van der Waals surface area (Å²) in [5.41, 5.74) is 1.19. The van der Waals surface area contributed by atoms with Crippen molar-refractivity contribution in [3.63, 3.8) is 0 Å². The fourth-order valence-corrected chi connectivity index (χ4v) is 6.48. The maximum Gasteiger partial charge on any atom is 0.222 e. The molecule has 1 aromatic carbocycles. The quantitative estimate of drug-likeness (QED) is 0.763. The zero-order chi connectivity index (χ0) is 20.8. The van der Waals surface area contributed by atoms with E-state index in [2.05, 4.69) is 25.2 Å². The summed E-state index contributed by atoms with van der Waals surface area (Å²) in [6.07, 6.45) is 3.35. The molecule has 1 spiro atoms. The lowest BCUT2D eigenvalue weighted by Gasteiger charge is -2.53. The van der Waals surface area contributed by atoms with Crippen molar-refractivity contribution in [1.29, 1.82) is 0 Å². The van der Waals surface area contributed by atoms with Crippen LogP contribution in [0.1, 0.15) is 51.2 Å². The Morgan fingerprint density at radius 2 is 2.03 bits per heavy atom. The first-order chi connectivity index (χ1) is 13.9. The van der Waals surface area contributed by atoms with Gasteiger partial charge in [0.15, 0.2) is 11.5 Å². The molecule has 0 radical (unpaired) electrons. The normalized spacial score (nSPS) is 34.5. The molecule has 1 aromatic rings. The van der Waals surface area contributed by atoms with Gasteiger partial charge in [0.05, 0.1) is 26.9 Å². The number of benzene rings is 1. The van der Waals surface area contributed by atoms with Gasteiger partial charge >= 0.3 is 0 Å². The van der Waals surface area contributed by atoms with Crippen molar-refractivity contribution < 1.29 is 24.1 Å². The largest absolute Gasteiger partial charge is 0.493 e. The lowest BCUT2D eigenvalue weighted by atomic mass is 9.59. The Bertz CT molecular complexity index is 779. The van der Waals surface area contributed by atoms with Crippen LogP contribution in [0.4, 0.5) is 0 Å². The van der Waals surface area contributed by atoms with Crippen LogP contribution in [0.15, 0.2) is 18.2 Å². The van der Waals surface area contributed by atoms with Crippen molar-refractivity contribution in [2.24, 2.45) is 22.7 Å². The number of rotatable bonds is 6. The maximum absolute atomic E-state index is 12.4. The SMILES string of the molecule is COc1ccc([C@H]2OCC[C@@]34C[C@@H](C[C@H]23)C(C)(C)[C@H]4NC(=O)CCO)cc1OC. The Morgan fingerprint density at radius 3 is 2.72 bits per heavy atom. The van der Waals surface area contributed by atoms with E-state index >= 15 is 0 Å². The molecule has 29 heavy (non-hydrogen) atoms. The summed E-state index contributed by atoms with van der Waals surface area (Å²) in [5, 5.41) is 12.5. The predicted molar refractivity (Wildman–Crippen MR) is 109 cm³/mol. The zero-order valence-electron chi connectivity index (χ0n) is 17.9. The highest BCUT2D eigenvalue weighted by Gasteiger charge is 2.68. The van der Waals surface area contributed by atoms with E-state index in [4.69, 9.17) is 14.2 Å². The number of aliphatic hydroxyl groups is 1. The average Bonchev–Trinajstić information content (AvgIpc) is 3.20. The van der Waals surface area contributed by atoms with Crippen LogP contribution in [0, 0.1) is 22.7 Å². The Kier molecular flexibility index (Phi) is 5.28. The first-order valence-electron chi connectivity index (χ1n) is 10.6. The van der Waals surface area contributed by atoms with Crippen LogP contribution < -0.4 is 14.8 Å². The molecule has 1 amide bonds. The molecule has 3 aliphatic rings. The van der Waals surface area contributed by atoms with Gasteiger partial charge in [-0.3, -0.25) is 4.79 Å². The van der Waals surface area contributed by atoms with Gasteiger partial charge in [0.2, 0.25) is 5.91 Å². The molecule has 3 fully saturated rings. The van der Waals surface area contributed by atoms with Crippen LogP contribution in [0.3, 0.4) is 0 Å². The van der Waals surface area contributed by atoms with Crippen molar-refractivity contribution >= 4 is 5.91 Å². The number of carbonyl (C=O) groups excluding carboxylic acids is 1. The van der Waals surface area contributed by atoms with E-state index < -0.39 is 0 Å². The third-order valence-electron chi connectivity index (χ3n) is 7.89. The summed E-state index contributed by atoms with van der Waals surface area (Å²) in [6, 6.07) is 6.14. The Balaban J connectivity index is 1.66. The fraction of sp³-hybridized carbons (Fsp3) is 0.696. The number of aliphatic hydroxyl groups excluding tert-OH is 1. The molecule has 2 bridgehead atoms. The summed E-state index contributed by atoms with van der Waals surface area (Å²) in [6.45, 7) is 5.14. The second kappa shape index (κ2) is 7.47. The van der Waals surface area contributed by atoms with Crippen molar-refractivity contribution in [2.45, 2.75) is 51.7 Å². The topological polar surface area (TPSA) is 77.0 Å². The first kappa shape index (κ1) is 20.5. The highest BCUT2D eigenvalue weighted by atomic mass is 16.5. The van der Waals surface area contributed by atoms with Gasteiger partial charge in [-0.15, -0.1) is 0 Å². The van der Waals surface area contributed by atoms with Crippen LogP contribution in [0.25, 0.3) is 0 Å². The van der Waals surface area contributed by atoms with Gasteiger partial charge in [0, 0.05) is 19.1 Å². The third kappa shape index (κ3) is 3.12. The van der Waals surface area contributed by atoms with Gasteiger partial charge in [-0.2, -0.15) is 0 Å². The summed E-state index contributed by atoms with van der Waals surface area (Å²) in [7, 11) is 3.29. The highest BCUT2D eigenvalue weighted by molar-refractivity contribution is 5.76. The molecule has 160 valence electrons. The molecule has 2 aliphatic carbocycles. The maximum atomic E-state index is 12.4. The number of fused-ring (bicyclic) bond motifs is 1. The molecule has 5 atom stereocenters. The van der Waals surface area contributed by atoms with Crippen molar-refractivity contribution in [3.05, 3.63) is 23.8 Å². The second-order valence-corrected chi connectivity index (χ2v) is 9.43. The second-order valence-electron chi connectivity index (χ2n) is 9.43. The molecular weight excluding hydrogens is 370 g/mol. The van der Waals surface area contributed by atoms with Crippen molar-refractivity contribution in [1.82, 2.24) is 5.32 Å². The molecule has 1 aliphatic heterocycles. The van der Waals surface area contributed by atoms with E-state index in [0.29, 0.717) is 29.9 Å². The first-order valence-corrected chi connectivity index (χ1v) is 10.6. The number of hydrogen-bond acceptors (Lipinski definition) is 5.